The predicted octanol–water partition coefficient (Wildman–Crippen LogP) is 2.00. The summed E-state index contributed by atoms with van der Waals surface area (Å²) in [6.07, 6.45) is 1.56. The summed E-state index contributed by atoms with van der Waals surface area (Å²) in [5.41, 5.74) is 7.30. The van der Waals surface area contributed by atoms with Gasteiger partial charge in [0.1, 0.15) is 13.2 Å². The summed E-state index contributed by atoms with van der Waals surface area (Å²) in [7, 11) is 0. The normalized spacial score (nSPS) is 22.3. The molecule has 1 aromatic carbocycles. The number of hydrogen-bond donors (Lipinski definition) is 1. The minimum Gasteiger partial charge on any atom is -0.486 e. The van der Waals surface area contributed by atoms with E-state index in [1.54, 1.807) is 0 Å². The number of benzene rings is 1. The van der Waals surface area contributed by atoms with Crippen molar-refractivity contribution in [2.75, 3.05) is 26.4 Å². The lowest BCUT2D eigenvalue weighted by molar-refractivity contribution is -0.260. The first-order valence-corrected chi connectivity index (χ1v) is 7.09. The second kappa shape index (κ2) is 5.60. The molecule has 5 heteroatoms. The van der Waals surface area contributed by atoms with E-state index in [0.29, 0.717) is 19.6 Å². The van der Waals surface area contributed by atoms with Crippen molar-refractivity contribution in [3.63, 3.8) is 0 Å². The van der Waals surface area contributed by atoms with Crippen LogP contribution in [0.4, 0.5) is 0 Å². The van der Waals surface area contributed by atoms with Gasteiger partial charge >= 0.3 is 0 Å². The van der Waals surface area contributed by atoms with Gasteiger partial charge in [-0.1, -0.05) is 6.07 Å². The van der Waals surface area contributed by atoms with Crippen molar-refractivity contribution in [2.24, 2.45) is 5.73 Å². The van der Waals surface area contributed by atoms with Gasteiger partial charge in [0, 0.05) is 12.5 Å². The topological polar surface area (TPSA) is 62.9 Å². The minimum atomic E-state index is -0.592. The Morgan fingerprint density at radius 3 is 2.55 bits per heavy atom. The molecule has 0 amide bonds. The van der Waals surface area contributed by atoms with Crippen molar-refractivity contribution in [1.29, 1.82) is 0 Å². The van der Waals surface area contributed by atoms with Gasteiger partial charge in [0.2, 0.25) is 0 Å². The molecule has 0 aliphatic carbocycles. The lowest BCUT2D eigenvalue weighted by Gasteiger charge is -2.35. The Morgan fingerprint density at radius 2 is 1.80 bits per heavy atom. The summed E-state index contributed by atoms with van der Waals surface area (Å²) in [5.74, 6) is 0.952. The van der Waals surface area contributed by atoms with E-state index in [0.717, 1.165) is 36.7 Å². The van der Waals surface area contributed by atoms with Crippen LogP contribution >= 0.6 is 0 Å². The van der Waals surface area contributed by atoms with Crippen LogP contribution in [0.2, 0.25) is 0 Å². The Kier molecular flexibility index (Phi) is 3.83. The van der Waals surface area contributed by atoms with Crippen LogP contribution in [0.1, 0.15) is 31.4 Å². The Morgan fingerprint density at radius 1 is 1.10 bits per heavy atom. The summed E-state index contributed by atoms with van der Waals surface area (Å²) in [6.45, 7) is 4.58. The molecule has 0 aromatic heterocycles. The summed E-state index contributed by atoms with van der Waals surface area (Å²) in [6, 6.07) is 5.68. The molecule has 0 bridgehead atoms. The molecule has 3 rings (SSSR count). The van der Waals surface area contributed by atoms with Crippen molar-refractivity contribution in [1.82, 2.24) is 0 Å². The fourth-order valence-electron chi connectivity index (χ4n) is 2.60. The maximum Gasteiger partial charge on any atom is 0.167 e. The lowest BCUT2D eigenvalue weighted by Crippen LogP contribution is -2.40. The lowest BCUT2D eigenvalue weighted by atomic mass is 9.99. The molecule has 1 aromatic rings. The molecule has 1 saturated heterocycles. The molecule has 0 spiro atoms. The fraction of sp³-hybridized carbons (Fsp3) is 0.600. The fourth-order valence-corrected chi connectivity index (χ4v) is 2.60. The average Bonchev–Trinajstić information content (AvgIpc) is 2.47. The first kappa shape index (κ1) is 13.7. The van der Waals surface area contributed by atoms with E-state index in [1.807, 2.05) is 25.1 Å². The molecular formula is C15H21NO4. The molecule has 110 valence electrons. The molecule has 2 N–H and O–H groups in total. The van der Waals surface area contributed by atoms with Gasteiger partial charge in [-0.2, -0.15) is 0 Å². The van der Waals surface area contributed by atoms with Crippen molar-refractivity contribution in [2.45, 2.75) is 31.6 Å². The SMILES string of the molecule is CC1(CC(N)c2ccc3c(c2)OCCO3)OCCCO1. The molecule has 2 heterocycles. The van der Waals surface area contributed by atoms with Crippen LogP contribution in [0.25, 0.3) is 0 Å². The van der Waals surface area contributed by atoms with Crippen molar-refractivity contribution in [3.05, 3.63) is 23.8 Å². The van der Waals surface area contributed by atoms with Gasteiger partial charge in [-0.25, -0.2) is 0 Å². The van der Waals surface area contributed by atoms with Crippen LogP contribution in [-0.2, 0) is 9.47 Å². The summed E-state index contributed by atoms with van der Waals surface area (Å²) in [4.78, 5) is 0. The first-order valence-electron chi connectivity index (χ1n) is 7.09. The Labute approximate surface area is 118 Å². The van der Waals surface area contributed by atoms with Gasteiger partial charge < -0.3 is 24.7 Å². The summed E-state index contributed by atoms with van der Waals surface area (Å²) in [5, 5.41) is 0. The minimum absolute atomic E-state index is 0.158. The standard InChI is InChI=1S/C15H21NO4/c1-15(19-5-2-6-20-15)10-12(16)11-3-4-13-14(9-11)18-8-7-17-13/h3-4,9,12H,2,5-8,10,16H2,1H3. The largest absolute Gasteiger partial charge is 0.486 e. The second-order valence-electron chi connectivity index (χ2n) is 5.40. The highest BCUT2D eigenvalue weighted by atomic mass is 16.7. The van der Waals surface area contributed by atoms with Crippen LogP contribution < -0.4 is 15.2 Å². The van der Waals surface area contributed by atoms with Crippen LogP contribution in [0.3, 0.4) is 0 Å². The van der Waals surface area contributed by atoms with E-state index in [2.05, 4.69) is 0 Å². The molecule has 0 radical (unpaired) electrons. The highest BCUT2D eigenvalue weighted by molar-refractivity contribution is 5.44. The number of nitrogens with two attached hydrogens (primary N) is 1. The van der Waals surface area contributed by atoms with E-state index < -0.39 is 5.79 Å². The molecule has 2 aliphatic rings. The zero-order valence-electron chi connectivity index (χ0n) is 11.8. The van der Waals surface area contributed by atoms with Crippen molar-refractivity contribution in [3.8, 4) is 11.5 Å². The monoisotopic (exact) mass is 279 g/mol. The van der Waals surface area contributed by atoms with E-state index >= 15 is 0 Å². The highest BCUT2D eigenvalue weighted by Crippen LogP contribution is 2.35. The summed E-state index contributed by atoms with van der Waals surface area (Å²) < 4.78 is 22.5. The first-order chi connectivity index (χ1) is 9.66. The van der Waals surface area contributed by atoms with Crippen LogP contribution in [-0.4, -0.2) is 32.2 Å². The van der Waals surface area contributed by atoms with E-state index in [1.165, 1.54) is 0 Å². The predicted molar refractivity (Wildman–Crippen MR) is 73.9 cm³/mol. The third-order valence-corrected chi connectivity index (χ3v) is 3.69. The molecule has 20 heavy (non-hydrogen) atoms. The molecule has 0 saturated carbocycles. The van der Waals surface area contributed by atoms with E-state index in [4.69, 9.17) is 24.7 Å². The molecule has 1 unspecified atom stereocenters. The molecule has 1 fully saturated rings. The highest BCUT2D eigenvalue weighted by Gasteiger charge is 2.32. The summed E-state index contributed by atoms with van der Waals surface area (Å²) >= 11 is 0. The van der Waals surface area contributed by atoms with Gasteiger partial charge in [0.05, 0.1) is 13.2 Å². The van der Waals surface area contributed by atoms with Gasteiger partial charge in [0.25, 0.3) is 0 Å². The van der Waals surface area contributed by atoms with Gasteiger partial charge in [-0.05, 0) is 31.0 Å². The number of rotatable bonds is 3. The third kappa shape index (κ3) is 2.90. The van der Waals surface area contributed by atoms with Gasteiger partial charge in [-0.3, -0.25) is 0 Å². The molecular weight excluding hydrogens is 258 g/mol. The third-order valence-electron chi connectivity index (χ3n) is 3.69. The zero-order valence-corrected chi connectivity index (χ0v) is 11.8. The number of hydrogen-bond acceptors (Lipinski definition) is 5. The molecule has 1 atom stereocenters. The Hall–Kier alpha value is -1.30. The second-order valence-corrected chi connectivity index (χ2v) is 5.40. The smallest absolute Gasteiger partial charge is 0.167 e. The number of ether oxygens (including phenoxy) is 4. The van der Waals surface area contributed by atoms with Crippen molar-refractivity contribution < 1.29 is 18.9 Å². The maximum atomic E-state index is 6.29. The van der Waals surface area contributed by atoms with Gasteiger partial charge in [-0.15, -0.1) is 0 Å². The molecule has 5 nitrogen and oxygen atoms in total. The Balaban J connectivity index is 1.71. The quantitative estimate of drug-likeness (QED) is 0.917. The van der Waals surface area contributed by atoms with Gasteiger partial charge in [0.15, 0.2) is 17.3 Å². The van der Waals surface area contributed by atoms with Crippen LogP contribution in [0.5, 0.6) is 11.5 Å². The maximum absolute atomic E-state index is 6.29. The van der Waals surface area contributed by atoms with Crippen molar-refractivity contribution >= 4 is 0 Å². The zero-order chi connectivity index (χ0) is 14.0. The van der Waals surface area contributed by atoms with Crippen LogP contribution in [0.15, 0.2) is 18.2 Å². The van der Waals surface area contributed by atoms with Crippen LogP contribution in [0, 0.1) is 0 Å². The average molecular weight is 279 g/mol. The number of fused-ring (bicyclic) bond motifs is 1. The molecule has 2 aliphatic heterocycles. The van der Waals surface area contributed by atoms with E-state index in [9.17, 15) is 0 Å². The Bertz CT molecular complexity index is 471. The van der Waals surface area contributed by atoms with E-state index in [-0.39, 0.29) is 6.04 Å².